The molecular weight excluding hydrogens is 419 g/mol. The molecule has 0 radical (unpaired) electrons. The summed E-state index contributed by atoms with van der Waals surface area (Å²) in [6, 6.07) is 4.04. The average molecular weight is 455 g/mol. The van der Waals surface area contributed by atoms with Gasteiger partial charge in [0, 0.05) is 26.4 Å². The van der Waals surface area contributed by atoms with Gasteiger partial charge >= 0.3 is 5.97 Å². The molecule has 2 N–H and O–H groups in total. The number of hydrogen-bond donors (Lipinski definition) is 2. The molecule has 0 bridgehead atoms. The number of rotatable bonds is 10. The molecule has 1 aromatic carbocycles. The molecule has 0 aliphatic heterocycles. The molecule has 0 unspecified atom stereocenters. The third-order valence-electron chi connectivity index (χ3n) is 5.55. The van der Waals surface area contributed by atoms with Crippen molar-refractivity contribution in [3.8, 4) is 0 Å². The van der Waals surface area contributed by atoms with Gasteiger partial charge in [-0.3, -0.25) is 9.59 Å². The van der Waals surface area contributed by atoms with Crippen LogP contribution in [0.1, 0.15) is 39.7 Å². The van der Waals surface area contributed by atoms with Gasteiger partial charge in [0.2, 0.25) is 11.8 Å². The Morgan fingerprint density at radius 3 is 2.23 bits per heavy atom. The zero-order chi connectivity index (χ0) is 23.8. The summed E-state index contributed by atoms with van der Waals surface area (Å²) in [6.07, 6.45) is 0.170. The highest BCUT2D eigenvalue weighted by Crippen LogP contribution is 2.36. The van der Waals surface area contributed by atoms with Crippen molar-refractivity contribution in [1.29, 1.82) is 0 Å². The number of esters is 1. The summed E-state index contributed by atoms with van der Waals surface area (Å²) in [4.78, 5) is 36.7. The largest absolute Gasteiger partial charge is 0.467 e. The summed E-state index contributed by atoms with van der Waals surface area (Å²) in [7, 11) is -0.784. The molecule has 0 aliphatic rings. The minimum atomic E-state index is -2.02. The van der Waals surface area contributed by atoms with Gasteiger partial charge in [-0.15, -0.1) is 0 Å². The lowest BCUT2D eigenvalue weighted by molar-refractivity contribution is -0.145. The van der Waals surface area contributed by atoms with Crippen LogP contribution in [0.25, 0.3) is 0 Å². The van der Waals surface area contributed by atoms with E-state index in [0.29, 0.717) is 0 Å². The predicted octanol–water partition coefficient (Wildman–Crippen LogP) is 2.94. The van der Waals surface area contributed by atoms with Crippen molar-refractivity contribution in [2.24, 2.45) is 0 Å². The summed E-state index contributed by atoms with van der Waals surface area (Å²) in [6.45, 7) is 12.1. The van der Waals surface area contributed by atoms with Crippen molar-refractivity contribution in [3.05, 3.63) is 35.6 Å². The second-order valence-corrected chi connectivity index (χ2v) is 13.8. The van der Waals surface area contributed by atoms with E-state index in [0.717, 1.165) is 0 Å². The van der Waals surface area contributed by atoms with E-state index < -0.39 is 44.0 Å². The van der Waals surface area contributed by atoms with E-state index >= 15 is 0 Å². The van der Waals surface area contributed by atoms with Gasteiger partial charge in [0.25, 0.3) is 0 Å². The third-order valence-corrected chi connectivity index (χ3v) is 10.1. The lowest BCUT2D eigenvalue weighted by atomic mass is 10.0. The van der Waals surface area contributed by atoms with Crippen LogP contribution in [0.4, 0.5) is 4.39 Å². The van der Waals surface area contributed by atoms with Crippen molar-refractivity contribution < 1.29 is 27.9 Å². The smallest absolute Gasteiger partial charge is 0.328 e. The fourth-order valence-corrected chi connectivity index (χ4v) is 3.71. The van der Waals surface area contributed by atoms with Crippen LogP contribution in [-0.2, 0) is 30.0 Å². The Labute approximate surface area is 185 Å². The minimum Gasteiger partial charge on any atom is -0.467 e. The molecule has 0 heterocycles. The molecule has 2 atom stereocenters. The first-order valence-electron chi connectivity index (χ1n) is 10.3. The highest BCUT2D eigenvalue weighted by atomic mass is 28.4. The molecule has 9 heteroatoms. The Kier molecular flexibility index (Phi) is 9.83. The Hall–Kier alpha value is -2.26. The average Bonchev–Trinajstić information content (AvgIpc) is 2.66. The van der Waals surface area contributed by atoms with E-state index in [1.165, 1.54) is 20.1 Å². The van der Waals surface area contributed by atoms with Gasteiger partial charge in [0.05, 0.1) is 7.11 Å². The summed E-state index contributed by atoms with van der Waals surface area (Å²) >= 11 is 0. The molecule has 0 aliphatic carbocycles. The molecule has 0 spiro atoms. The number of ether oxygens (including phenoxy) is 1. The molecule has 31 heavy (non-hydrogen) atoms. The van der Waals surface area contributed by atoms with E-state index in [1.54, 1.807) is 18.2 Å². The number of hydrogen-bond acceptors (Lipinski definition) is 5. The van der Waals surface area contributed by atoms with Gasteiger partial charge in [0.1, 0.15) is 17.9 Å². The lowest BCUT2D eigenvalue weighted by Crippen LogP contribution is -2.53. The van der Waals surface area contributed by atoms with E-state index in [9.17, 15) is 18.8 Å². The first-order chi connectivity index (χ1) is 14.3. The van der Waals surface area contributed by atoms with Crippen LogP contribution in [0.15, 0.2) is 24.3 Å². The first-order valence-corrected chi connectivity index (χ1v) is 13.2. The van der Waals surface area contributed by atoms with Gasteiger partial charge < -0.3 is 19.8 Å². The number of carbonyl (C=O) groups is 3. The molecule has 1 aromatic rings. The number of carbonyl (C=O) groups excluding carboxylic acids is 3. The van der Waals surface area contributed by atoms with Crippen LogP contribution in [0.5, 0.6) is 0 Å². The molecule has 1 rings (SSSR count). The first kappa shape index (κ1) is 26.8. The highest BCUT2D eigenvalue weighted by Gasteiger charge is 2.37. The monoisotopic (exact) mass is 454 g/mol. The third kappa shape index (κ3) is 8.41. The molecule has 0 aromatic heterocycles. The zero-order valence-corrected chi connectivity index (χ0v) is 20.5. The predicted molar refractivity (Wildman–Crippen MR) is 119 cm³/mol. The van der Waals surface area contributed by atoms with E-state index in [1.807, 2.05) is 0 Å². The second kappa shape index (κ2) is 11.4. The topological polar surface area (TPSA) is 93.7 Å². The van der Waals surface area contributed by atoms with E-state index in [4.69, 9.17) is 9.16 Å². The van der Waals surface area contributed by atoms with Gasteiger partial charge in [-0.1, -0.05) is 39.0 Å². The Morgan fingerprint density at radius 2 is 1.71 bits per heavy atom. The van der Waals surface area contributed by atoms with Crippen molar-refractivity contribution in [2.75, 3.05) is 13.7 Å². The van der Waals surface area contributed by atoms with Crippen molar-refractivity contribution in [2.45, 2.75) is 70.8 Å². The molecule has 0 fully saturated rings. The Balaban J connectivity index is 2.89. The summed E-state index contributed by atoms with van der Waals surface area (Å²) in [5.74, 6) is -2.12. The van der Waals surface area contributed by atoms with Crippen molar-refractivity contribution in [3.63, 3.8) is 0 Å². The van der Waals surface area contributed by atoms with Crippen LogP contribution in [-0.4, -0.2) is 51.9 Å². The normalized spacial score (nSPS) is 13.8. The van der Waals surface area contributed by atoms with Gasteiger partial charge in [-0.2, -0.15) is 0 Å². The maximum absolute atomic E-state index is 14.0. The molecule has 174 valence electrons. The summed E-state index contributed by atoms with van der Waals surface area (Å²) < 4.78 is 25.0. The van der Waals surface area contributed by atoms with Crippen molar-refractivity contribution >= 4 is 26.1 Å². The molecule has 0 saturated carbocycles. The fourth-order valence-electron chi connectivity index (χ4n) is 2.65. The summed E-state index contributed by atoms with van der Waals surface area (Å²) in [5, 5.41) is 5.15. The standard InChI is InChI=1S/C22H35FN2O5Si/c1-15(26)24-19(14-16-10-8-9-11-17(16)23)20(27)25-18(21(28)29-5)12-13-30-31(6,7)22(2,3)4/h8-11,18-19H,12-14H2,1-7H3,(H,24,26)(H,25,27)/t18-,19-/m0/s1. The number of amides is 2. The Bertz CT molecular complexity index is 779. The van der Waals surface area contributed by atoms with Crippen LogP contribution < -0.4 is 10.6 Å². The lowest BCUT2D eigenvalue weighted by Gasteiger charge is -2.36. The van der Waals surface area contributed by atoms with Crippen LogP contribution in [0.3, 0.4) is 0 Å². The van der Waals surface area contributed by atoms with Crippen LogP contribution in [0.2, 0.25) is 18.1 Å². The number of halogens is 1. The van der Waals surface area contributed by atoms with E-state index in [-0.39, 0.29) is 30.1 Å². The molecule has 2 amide bonds. The molecule has 0 saturated heterocycles. The fraction of sp³-hybridized carbons (Fsp3) is 0.591. The Morgan fingerprint density at radius 1 is 1.10 bits per heavy atom. The maximum Gasteiger partial charge on any atom is 0.328 e. The number of methoxy groups -OCH3 is 1. The highest BCUT2D eigenvalue weighted by molar-refractivity contribution is 6.74. The van der Waals surface area contributed by atoms with Gasteiger partial charge in [-0.05, 0) is 29.8 Å². The molecule has 7 nitrogen and oxygen atoms in total. The SMILES string of the molecule is COC(=O)[C@H](CCO[Si](C)(C)C(C)(C)C)NC(=O)[C@H](Cc1ccccc1F)NC(C)=O. The molecular formula is C22H35FN2O5Si. The summed E-state index contributed by atoms with van der Waals surface area (Å²) in [5.41, 5.74) is 0.285. The zero-order valence-electron chi connectivity index (χ0n) is 19.5. The number of nitrogens with one attached hydrogen (secondary N) is 2. The van der Waals surface area contributed by atoms with Crippen LogP contribution in [0, 0.1) is 5.82 Å². The van der Waals surface area contributed by atoms with Crippen molar-refractivity contribution in [1.82, 2.24) is 10.6 Å². The van der Waals surface area contributed by atoms with Gasteiger partial charge in [-0.25, -0.2) is 9.18 Å². The maximum atomic E-state index is 14.0. The van der Waals surface area contributed by atoms with E-state index in [2.05, 4.69) is 44.5 Å². The quantitative estimate of drug-likeness (QED) is 0.419. The van der Waals surface area contributed by atoms with Gasteiger partial charge in [0.15, 0.2) is 8.32 Å². The number of benzene rings is 1. The second-order valence-electron chi connectivity index (χ2n) is 9.03. The van der Waals surface area contributed by atoms with Crippen LogP contribution >= 0.6 is 0 Å². The minimum absolute atomic E-state index is 0.00721.